The molecule has 1 atom stereocenters. The number of ether oxygens (including phenoxy) is 1. The second-order valence-corrected chi connectivity index (χ2v) is 3.92. The molecule has 0 heterocycles. The van der Waals surface area contributed by atoms with Crippen LogP contribution >= 0.6 is 0 Å². The first-order chi connectivity index (χ1) is 7.11. The summed E-state index contributed by atoms with van der Waals surface area (Å²) in [6.45, 7) is 8.04. The van der Waals surface area contributed by atoms with Crippen LogP contribution in [0.4, 0.5) is 0 Å². The van der Waals surface area contributed by atoms with Gasteiger partial charge in [0.2, 0.25) is 5.91 Å². The Labute approximate surface area is 92.6 Å². The summed E-state index contributed by atoms with van der Waals surface area (Å²) in [4.78, 5) is 11.1. The summed E-state index contributed by atoms with van der Waals surface area (Å²) >= 11 is 0. The fourth-order valence-corrected chi connectivity index (χ4v) is 1.40. The van der Waals surface area contributed by atoms with E-state index in [2.05, 4.69) is 19.2 Å². The molecule has 0 saturated heterocycles. The molecule has 4 nitrogen and oxygen atoms in total. The molecule has 1 unspecified atom stereocenters. The lowest BCUT2D eigenvalue weighted by Crippen LogP contribution is -2.31. The van der Waals surface area contributed by atoms with Crippen LogP contribution in [-0.4, -0.2) is 31.7 Å². The van der Waals surface area contributed by atoms with E-state index in [0.29, 0.717) is 25.4 Å². The Morgan fingerprint density at radius 3 is 2.60 bits per heavy atom. The molecule has 0 aromatic rings. The quantitative estimate of drug-likeness (QED) is 0.633. The summed E-state index contributed by atoms with van der Waals surface area (Å²) in [7, 11) is 0. The van der Waals surface area contributed by atoms with Crippen LogP contribution in [0, 0.1) is 5.92 Å². The minimum absolute atomic E-state index is 0.0245. The van der Waals surface area contributed by atoms with Gasteiger partial charge in [-0.3, -0.25) is 4.79 Å². The predicted molar refractivity (Wildman–Crippen MR) is 61.6 cm³/mol. The van der Waals surface area contributed by atoms with Gasteiger partial charge in [-0.1, -0.05) is 13.8 Å². The number of amides is 1. The van der Waals surface area contributed by atoms with Crippen molar-refractivity contribution in [1.82, 2.24) is 5.32 Å². The molecule has 0 radical (unpaired) electrons. The summed E-state index contributed by atoms with van der Waals surface area (Å²) in [6, 6.07) is 0. The Balaban J connectivity index is 3.66. The Kier molecular flexibility index (Phi) is 8.33. The maximum absolute atomic E-state index is 11.1. The molecule has 4 heteroatoms. The highest BCUT2D eigenvalue weighted by Crippen LogP contribution is 2.09. The Morgan fingerprint density at radius 1 is 1.47 bits per heavy atom. The van der Waals surface area contributed by atoms with Gasteiger partial charge >= 0.3 is 0 Å². The van der Waals surface area contributed by atoms with Crippen molar-refractivity contribution in [3.8, 4) is 0 Å². The molecule has 3 N–H and O–H groups in total. The standard InChI is InChI=1S/C11H24N2O2/c1-4-15-10(9(2)3)6-8-13-11(14)5-7-12/h9-10H,4-8,12H2,1-3H3,(H,13,14). The number of hydrogen-bond donors (Lipinski definition) is 2. The second kappa shape index (κ2) is 8.68. The minimum atomic E-state index is 0.0245. The first kappa shape index (κ1) is 14.4. The summed E-state index contributed by atoms with van der Waals surface area (Å²) in [5.41, 5.74) is 5.27. The number of carbonyl (C=O) groups is 1. The van der Waals surface area contributed by atoms with Crippen LogP contribution in [0.1, 0.15) is 33.6 Å². The van der Waals surface area contributed by atoms with Crippen LogP contribution in [0.3, 0.4) is 0 Å². The summed E-state index contributed by atoms with van der Waals surface area (Å²) < 4.78 is 5.57. The fourth-order valence-electron chi connectivity index (χ4n) is 1.40. The third kappa shape index (κ3) is 7.33. The third-order valence-corrected chi connectivity index (χ3v) is 2.25. The molecular weight excluding hydrogens is 192 g/mol. The number of nitrogens with one attached hydrogen (secondary N) is 1. The van der Waals surface area contributed by atoms with Gasteiger partial charge < -0.3 is 15.8 Å². The smallest absolute Gasteiger partial charge is 0.221 e. The normalized spacial score (nSPS) is 12.9. The number of carbonyl (C=O) groups excluding carboxylic acids is 1. The maximum atomic E-state index is 11.1. The van der Waals surface area contributed by atoms with Crippen LogP contribution in [0.5, 0.6) is 0 Å². The van der Waals surface area contributed by atoms with E-state index in [-0.39, 0.29) is 12.0 Å². The van der Waals surface area contributed by atoms with Gasteiger partial charge in [0.1, 0.15) is 0 Å². The van der Waals surface area contributed by atoms with Crippen molar-refractivity contribution >= 4 is 5.91 Å². The maximum Gasteiger partial charge on any atom is 0.221 e. The van der Waals surface area contributed by atoms with E-state index < -0.39 is 0 Å². The van der Waals surface area contributed by atoms with Crippen molar-refractivity contribution in [2.75, 3.05) is 19.7 Å². The summed E-state index contributed by atoms with van der Waals surface area (Å²) in [5.74, 6) is 0.507. The SMILES string of the molecule is CCOC(CCNC(=O)CCN)C(C)C. The summed E-state index contributed by atoms with van der Waals surface area (Å²) in [5, 5.41) is 2.83. The van der Waals surface area contributed by atoms with E-state index in [1.165, 1.54) is 0 Å². The molecule has 0 aromatic heterocycles. The van der Waals surface area contributed by atoms with Gasteiger partial charge in [-0.25, -0.2) is 0 Å². The highest BCUT2D eigenvalue weighted by atomic mass is 16.5. The van der Waals surface area contributed by atoms with E-state index >= 15 is 0 Å². The van der Waals surface area contributed by atoms with Crippen LogP contribution in [-0.2, 0) is 9.53 Å². The third-order valence-electron chi connectivity index (χ3n) is 2.25. The van der Waals surface area contributed by atoms with E-state index in [1.54, 1.807) is 0 Å². The van der Waals surface area contributed by atoms with Crippen LogP contribution in [0.2, 0.25) is 0 Å². The lowest BCUT2D eigenvalue weighted by Gasteiger charge is -2.20. The molecule has 0 spiro atoms. The van der Waals surface area contributed by atoms with E-state index in [0.717, 1.165) is 13.0 Å². The average molecular weight is 216 g/mol. The fraction of sp³-hybridized carbons (Fsp3) is 0.909. The van der Waals surface area contributed by atoms with Gasteiger partial charge in [-0.05, 0) is 19.3 Å². The zero-order chi connectivity index (χ0) is 11.7. The van der Waals surface area contributed by atoms with Crippen molar-refractivity contribution in [2.24, 2.45) is 11.7 Å². The Morgan fingerprint density at radius 2 is 2.13 bits per heavy atom. The van der Waals surface area contributed by atoms with E-state index in [9.17, 15) is 4.79 Å². The lowest BCUT2D eigenvalue weighted by molar-refractivity contribution is -0.121. The van der Waals surface area contributed by atoms with Gasteiger partial charge in [0, 0.05) is 26.1 Å². The van der Waals surface area contributed by atoms with Crippen molar-refractivity contribution in [1.29, 1.82) is 0 Å². The first-order valence-electron chi connectivity index (χ1n) is 5.70. The summed E-state index contributed by atoms with van der Waals surface area (Å²) in [6.07, 6.45) is 1.50. The molecule has 0 fully saturated rings. The average Bonchev–Trinajstić information content (AvgIpc) is 2.16. The molecule has 15 heavy (non-hydrogen) atoms. The molecule has 0 saturated carbocycles. The monoisotopic (exact) mass is 216 g/mol. The lowest BCUT2D eigenvalue weighted by atomic mass is 10.0. The van der Waals surface area contributed by atoms with E-state index in [4.69, 9.17) is 10.5 Å². The van der Waals surface area contributed by atoms with Gasteiger partial charge in [0.05, 0.1) is 6.10 Å². The van der Waals surface area contributed by atoms with Crippen LogP contribution in [0.25, 0.3) is 0 Å². The molecule has 0 aliphatic carbocycles. The van der Waals surface area contributed by atoms with Gasteiger partial charge in [-0.2, -0.15) is 0 Å². The van der Waals surface area contributed by atoms with Crippen molar-refractivity contribution in [2.45, 2.75) is 39.7 Å². The highest BCUT2D eigenvalue weighted by Gasteiger charge is 2.12. The highest BCUT2D eigenvalue weighted by molar-refractivity contribution is 5.75. The number of rotatable bonds is 8. The number of nitrogens with two attached hydrogens (primary N) is 1. The minimum Gasteiger partial charge on any atom is -0.378 e. The zero-order valence-corrected chi connectivity index (χ0v) is 10.1. The van der Waals surface area contributed by atoms with E-state index in [1.807, 2.05) is 6.92 Å². The van der Waals surface area contributed by atoms with Crippen LogP contribution in [0.15, 0.2) is 0 Å². The zero-order valence-electron chi connectivity index (χ0n) is 10.1. The Bertz CT molecular complexity index is 172. The largest absolute Gasteiger partial charge is 0.378 e. The van der Waals surface area contributed by atoms with Crippen molar-refractivity contribution < 1.29 is 9.53 Å². The van der Waals surface area contributed by atoms with Crippen molar-refractivity contribution in [3.63, 3.8) is 0 Å². The molecule has 90 valence electrons. The molecular formula is C11H24N2O2. The van der Waals surface area contributed by atoms with Crippen molar-refractivity contribution in [3.05, 3.63) is 0 Å². The van der Waals surface area contributed by atoms with Gasteiger partial charge in [0.15, 0.2) is 0 Å². The topological polar surface area (TPSA) is 64.3 Å². The molecule has 0 aliphatic heterocycles. The molecule has 1 amide bonds. The van der Waals surface area contributed by atoms with Gasteiger partial charge in [0.25, 0.3) is 0 Å². The number of hydrogen-bond acceptors (Lipinski definition) is 3. The predicted octanol–water partition coefficient (Wildman–Crippen LogP) is 0.903. The first-order valence-corrected chi connectivity index (χ1v) is 5.70. The van der Waals surface area contributed by atoms with Gasteiger partial charge in [-0.15, -0.1) is 0 Å². The molecule has 0 aromatic carbocycles. The Hall–Kier alpha value is -0.610. The molecule has 0 aliphatic rings. The molecule has 0 bridgehead atoms. The molecule has 0 rings (SSSR count). The van der Waals surface area contributed by atoms with Crippen LogP contribution < -0.4 is 11.1 Å². The second-order valence-electron chi connectivity index (χ2n) is 3.92.